The Morgan fingerprint density at radius 1 is 1.11 bits per heavy atom. The topological polar surface area (TPSA) is 59.0 Å². The van der Waals surface area contributed by atoms with Crippen molar-refractivity contribution in [3.05, 3.63) is 84.6 Å². The van der Waals surface area contributed by atoms with Gasteiger partial charge in [-0.2, -0.15) is 5.06 Å². The fourth-order valence-electron chi connectivity index (χ4n) is 2.87. The molecule has 0 saturated heterocycles. The summed E-state index contributed by atoms with van der Waals surface area (Å²) in [6, 6.07) is 19.2. The Balaban J connectivity index is 1.66. The Bertz CT molecular complexity index is 804. The quantitative estimate of drug-likeness (QED) is 0.756. The number of hydrogen-bond acceptors (Lipinski definition) is 4. The number of hydroxylamine groups is 2. The molecule has 2 aromatic carbocycles. The summed E-state index contributed by atoms with van der Waals surface area (Å²) in [6.07, 6.45) is 6.87. The molecule has 27 heavy (non-hydrogen) atoms. The molecule has 2 atom stereocenters. The first-order chi connectivity index (χ1) is 13.1. The zero-order valence-corrected chi connectivity index (χ0v) is 15.2. The summed E-state index contributed by atoms with van der Waals surface area (Å²) in [6.45, 7) is 2.25. The summed E-state index contributed by atoms with van der Waals surface area (Å²) in [5.74, 6) is -0.462. The van der Waals surface area contributed by atoms with E-state index in [9.17, 15) is 10.0 Å². The number of carbonyl (C=O) groups excluding carboxylic acids is 1. The number of carbonyl (C=O) groups is 1. The molecule has 2 unspecified atom stereocenters. The third-order valence-corrected chi connectivity index (χ3v) is 4.52. The number of amides is 1. The fourth-order valence-corrected chi connectivity index (χ4v) is 2.87. The van der Waals surface area contributed by atoms with Gasteiger partial charge in [0.05, 0.1) is 6.61 Å². The van der Waals surface area contributed by atoms with Crippen molar-refractivity contribution in [2.24, 2.45) is 5.92 Å². The molecule has 0 spiro atoms. The van der Waals surface area contributed by atoms with Gasteiger partial charge in [0.15, 0.2) is 0 Å². The van der Waals surface area contributed by atoms with Crippen molar-refractivity contribution in [1.82, 2.24) is 5.06 Å². The lowest BCUT2D eigenvalue weighted by atomic mass is 9.86. The van der Waals surface area contributed by atoms with E-state index >= 15 is 0 Å². The highest BCUT2D eigenvalue weighted by molar-refractivity contribution is 5.81. The highest BCUT2D eigenvalue weighted by atomic mass is 16.5. The van der Waals surface area contributed by atoms with E-state index in [2.05, 4.69) is 0 Å². The number of benzene rings is 2. The van der Waals surface area contributed by atoms with E-state index in [0.717, 1.165) is 5.56 Å². The molecule has 5 nitrogen and oxygen atoms in total. The van der Waals surface area contributed by atoms with Crippen LogP contribution in [-0.4, -0.2) is 35.0 Å². The van der Waals surface area contributed by atoms with Crippen LogP contribution in [0.4, 0.5) is 0 Å². The minimum atomic E-state index is -0.883. The predicted octanol–water partition coefficient (Wildman–Crippen LogP) is 3.92. The first-order valence-corrected chi connectivity index (χ1v) is 8.83. The maximum absolute atomic E-state index is 12.5. The van der Waals surface area contributed by atoms with Gasteiger partial charge in [-0.3, -0.25) is 10.0 Å². The minimum Gasteiger partial charge on any atom is -0.493 e. The molecule has 0 fully saturated rings. The van der Waals surface area contributed by atoms with Gasteiger partial charge in [0.25, 0.3) is 5.91 Å². The van der Waals surface area contributed by atoms with Crippen molar-refractivity contribution in [1.29, 1.82) is 0 Å². The molecule has 1 aliphatic rings. The molecule has 1 N–H and O–H groups in total. The summed E-state index contributed by atoms with van der Waals surface area (Å²) in [5.41, 5.74) is 0.193. The van der Waals surface area contributed by atoms with Crippen LogP contribution in [0, 0.1) is 5.92 Å². The van der Waals surface area contributed by atoms with Crippen LogP contribution in [-0.2, 0) is 9.53 Å². The van der Waals surface area contributed by atoms with Crippen LogP contribution < -0.4 is 4.74 Å². The first-order valence-electron chi connectivity index (χ1n) is 8.83. The normalized spacial score (nSPS) is 22.4. The first kappa shape index (κ1) is 18.9. The lowest BCUT2D eigenvalue weighted by molar-refractivity contribution is -0.174. The summed E-state index contributed by atoms with van der Waals surface area (Å²) in [4.78, 5) is 12.5. The predicted molar refractivity (Wildman–Crippen MR) is 103 cm³/mol. The molecule has 140 valence electrons. The number of para-hydroxylation sites is 1. The van der Waals surface area contributed by atoms with Gasteiger partial charge in [0.1, 0.15) is 23.9 Å². The van der Waals surface area contributed by atoms with Gasteiger partial charge in [0, 0.05) is 6.20 Å². The van der Waals surface area contributed by atoms with E-state index in [1.807, 2.05) is 79.7 Å². The van der Waals surface area contributed by atoms with Crippen LogP contribution >= 0.6 is 0 Å². The van der Waals surface area contributed by atoms with Crippen molar-refractivity contribution >= 4 is 12.0 Å². The lowest BCUT2D eigenvalue weighted by Crippen LogP contribution is -2.51. The molecule has 5 heteroatoms. The van der Waals surface area contributed by atoms with Crippen LogP contribution in [0.15, 0.2) is 79.0 Å². The maximum Gasteiger partial charge on any atom is 0.259 e. The second-order valence-corrected chi connectivity index (χ2v) is 6.48. The third-order valence-electron chi connectivity index (χ3n) is 4.52. The summed E-state index contributed by atoms with van der Waals surface area (Å²) < 4.78 is 11.7. The van der Waals surface area contributed by atoms with Gasteiger partial charge < -0.3 is 9.47 Å². The van der Waals surface area contributed by atoms with Gasteiger partial charge in [0.2, 0.25) is 0 Å². The molecule has 0 radical (unpaired) electrons. The second-order valence-electron chi connectivity index (χ2n) is 6.48. The molecular formula is C22H23NO4. The summed E-state index contributed by atoms with van der Waals surface area (Å²) >= 11 is 0. The SMILES string of the molecule is CC1(OCC=Cc2ccccc2)C=CN(O)C(=O)C1COc1ccccc1. The van der Waals surface area contributed by atoms with Crippen LogP contribution in [0.1, 0.15) is 12.5 Å². The lowest BCUT2D eigenvalue weighted by Gasteiger charge is -2.38. The monoisotopic (exact) mass is 365 g/mol. The standard InChI is InChI=1S/C22H23NO4/c1-22(27-16-8-11-18-9-4-2-5-10-18)14-15-23(25)21(24)20(22)17-26-19-12-6-3-7-13-19/h2-15,20,25H,16-17H2,1H3. The molecule has 0 aliphatic carbocycles. The Morgan fingerprint density at radius 2 is 1.78 bits per heavy atom. The number of nitrogens with zero attached hydrogens (tertiary/aromatic N) is 1. The molecule has 2 aromatic rings. The van der Waals surface area contributed by atoms with Gasteiger partial charge in [-0.05, 0) is 30.7 Å². The molecular weight excluding hydrogens is 342 g/mol. The van der Waals surface area contributed by atoms with E-state index in [1.165, 1.54) is 6.20 Å². The van der Waals surface area contributed by atoms with Gasteiger partial charge >= 0.3 is 0 Å². The summed E-state index contributed by atoms with van der Waals surface area (Å²) in [7, 11) is 0. The molecule has 0 saturated carbocycles. The van der Waals surface area contributed by atoms with E-state index in [-0.39, 0.29) is 6.61 Å². The summed E-state index contributed by atoms with van der Waals surface area (Å²) in [5, 5.41) is 10.4. The number of rotatable bonds is 7. The van der Waals surface area contributed by atoms with E-state index in [4.69, 9.17) is 9.47 Å². The number of hydrogen-bond donors (Lipinski definition) is 1. The molecule has 0 aromatic heterocycles. The molecule has 1 amide bonds. The third kappa shape index (κ3) is 4.84. The highest BCUT2D eigenvalue weighted by Crippen LogP contribution is 2.30. The van der Waals surface area contributed by atoms with Gasteiger partial charge in [-0.1, -0.05) is 60.7 Å². The number of ether oxygens (including phenoxy) is 2. The molecule has 1 aliphatic heterocycles. The molecule has 0 bridgehead atoms. The van der Waals surface area contributed by atoms with Crippen molar-refractivity contribution < 1.29 is 19.5 Å². The Morgan fingerprint density at radius 3 is 2.48 bits per heavy atom. The fraction of sp³-hybridized carbons (Fsp3) is 0.227. The Kier molecular flexibility index (Phi) is 6.06. The van der Waals surface area contributed by atoms with Crippen molar-refractivity contribution in [2.75, 3.05) is 13.2 Å². The minimum absolute atomic E-state index is 0.100. The molecule has 3 rings (SSSR count). The Labute approximate surface area is 159 Å². The van der Waals surface area contributed by atoms with Crippen LogP contribution in [0.5, 0.6) is 5.75 Å². The Hall–Kier alpha value is -2.89. The zero-order valence-electron chi connectivity index (χ0n) is 15.2. The van der Waals surface area contributed by atoms with Crippen molar-refractivity contribution in [2.45, 2.75) is 12.5 Å². The van der Waals surface area contributed by atoms with Crippen molar-refractivity contribution in [3.63, 3.8) is 0 Å². The van der Waals surface area contributed by atoms with Crippen molar-refractivity contribution in [3.8, 4) is 5.75 Å². The largest absolute Gasteiger partial charge is 0.493 e. The van der Waals surface area contributed by atoms with Gasteiger partial charge in [-0.25, -0.2) is 0 Å². The van der Waals surface area contributed by atoms with E-state index in [0.29, 0.717) is 17.4 Å². The molecule has 1 heterocycles. The zero-order chi connectivity index (χ0) is 19.1. The van der Waals surface area contributed by atoms with Crippen LogP contribution in [0.25, 0.3) is 6.08 Å². The van der Waals surface area contributed by atoms with Crippen LogP contribution in [0.3, 0.4) is 0 Å². The van der Waals surface area contributed by atoms with E-state index in [1.54, 1.807) is 6.08 Å². The van der Waals surface area contributed by atoms with E-state index < -0.39 is 17.4 Å². The average molecular weight is 365 g/mol. The maximum atomic E-state index is 12.5. The average Bonchev–Trinajstić information content (AvgIpc) is 2.70. The van der Waals surface area contributed by atoms with Gasteiger partial charge in [-0.15, -0.1) is 0 Å². The smallest absolute Gasteiger partial charge is 0.259 e. The highest BCUT2D eigenvalue weighted by Gasteiger charge is 2.43. The van der Waals surface area contributed by atoms with Crippen LogP contribution in [0.2, 0.25) is 0 Å². The second kappa shape index (κ2) is 8.66.